The van der Waals surface area contributed by atoms with Crippen LogP contribution in [0.2, 0.25) is 0 Å². The molecule has 1 rings (SSSR count). The molecule has 0 bridgehead atoms. The van der Waals surface area contributed by atoms with Crippen molar-refractivity contribution in [3.05, 3.63) is 33.9 Å². The molecule has 5 nitrogen and oxygen atoms in total. The average Bonchev–Trinajstić information content (AvgIpc) is 2.12. The van der Waals surface area contributed by atoms with Gasteiger partial charge in [0.15, 0.2) is 5.75 Å². The van der Waals surface area contributed by atoms with Gasteiger partial charge in [0, 0.05) is 5.56 Å². The SMILES string of the molecule is Cc1cccc(OCC(C)(C)O)c1[N+](=O)[O-]. The van der Waals surface area contributed by atoms with Crippen molar-refractivity contribution in [2.24, 2.45) is 0 Å². The van der Waals surface area contributed by atoms with E-state index in [1.165, 1.54) is 6.07 Å². The maximum atomic E-state index is 10.8. The highest BCUT2D eigenvalue weighted by molar-refractivity contribution is 5.52. The standard InChI is InChI=1S/C11H15NO4/c1-8-5-4-6-9(10(8)12(14)15)16-7-11(2,3)13/h4-6,13H,7H2,1-3H3. The fourth-order valence-corrected chi connectivity index (χ4v) is 1.24. The first kappa shape index (κ1) is 12.4. The molecule has 0 spiro atoms. The third-order valence-electron chi connectivity index (χ3n) is 1.96. The van der Waals surface area contributed by atoms with Crippen LogP contribution in [0, 0.1) is 17.0 Å². The van der Waals surface area contributed by atoms with Gasteiger partial charge in [-0.25, -0.2) is 0 Å². The van der Waals surface area contributed by atoms with E-state index in [0.29, 0.717) is 5.56 Å². The molecule has 0 amide bonds. The molecule has 0 atom stereocenters. The normalized spacial score (nSPS) is 11.2. The second kappa shape index (κ2) is 4.49. The number of nitrogens with zero attached hydrogens (tertiary/aromatic N) is 1. The molecule has 0 heterocycles. The van der Waals surface area contributed by atoms with Gasteiger partial charge in [-0.05, 0) is 26.8 Å². The van der Waals surface area contributed by atoms with Crippen molar-refractivity contribution in [3.8, 4) is 5.75 Å². The van der Waals surface area contributed by atoms with Crippen LogP contribution >= 0.6 is 0 Å². The molecule has 0 aromatic heterocycles. The summed E-state index contributed by atoms with van der Waals surface area (Å²) >= 11 is 0. The number of nitro benzene ring substituents is 1. The topological polar surface area (TPSA) is 72.6 Å². The van der Waals surface area contributed by atoms with Gasteiger partial charge in [0.25, 0.3) is 0 Å². The second-order valence-electron chi connectivity index (χ2n) is 4.28. The quantitative estimate of drug-likeness (QED) is 0.628. The third-order valence-corrected chi connectivity index (χ3v) is 1.96. The summed E-state index contributed by atoms with van der Waals surface area (Å²) in [6, 6.07) is 4.86. The Hall–Kier alpha value is -1.62. The molecule has 5 heteroatoms. The largest absolute Gasteiger partial charge is 0.484 e. The molecule has 88 valence electrons. The van der Waals surface area contributed by atoms with E-state index < -0.39 is 10.5 Å². The smallest absolute Gasteiger partial charge is 0.313 e. The number of aliphatic hydroxyl groups is 1. The number of nitro groups is 1. The summed E-state index contributed by atoms with van der Waals surface area (Å²) in [5.74, 6) is 0.187. The summed E-state index contributed by atoms with van der Waals surface area (Å²) in [6.45, 7) is 4.82. The van der Waals surface area contributed by atoms with Crippen molar-refractivity contribution in [2.45, 2.75) is 26.4 Å². The van der Waals surface area contributed by atoms with Crippen LogP contribution in [-0.4, -0.2) is 22.2 Å². The van der Waals surface area contributed by atoms with E-state index in [2.05, 4.69) is 0 Å². The van der Waals surface area contributed by atoms with Crippen LogP contribution in [0.25, 0.3) is 0 Å². The van der Waals surface area contributed by atoms with Crippen LogP contribution in [0.3, 0.4) is 0 Å². The fraction of sp³-hybridized carbons (Fsp3) is 0.455. The number of benzene rings is 1. The highest BCUT2D eigenvalue weighted by Crippen LogP contribution is 2.30. The van der Waals surface area contributed by atoms with Crippen LogP contribution in [0.5, 0.6) is 5.75 Å². The Balaban J connectivity index is 2.96. The Bertz CT molecular complexity index is 395. The fourth-order valence-electron chi connectivity index (χ4n) is 1.24. The molecule has 0 unspecified atom stereocenters. The van der Waals surface area contributed by atoms with E-state index in [1.54, 1.807) is 32.9 Å². The van der Waals surface area contributed by atoms with Gasteiger partial charge in [0.1, 0.15) is 6.61 Å². The van der Waals surface area contributed by atoms with Gasteiger partial charge in [-0.1, -0.05) is 12.1 Å². The molecule has 0 saturated heterocycles. The highest BCUT2D eigenvalue weighted by Gasteiger charge is 2.21. The summed E-state index contributed by atoms with van der Waals surface area (Å²) in [5.41, 5.74) is -0.526. The minimum Gasteiger partial charge on any atom is -0.484 e. The van der Waals surface area contributed by atoms with Crippen molar-refractivity contribution < 1.29 is 14.8 Å². The molecule has 0 saturated carbocycles. The Kier molecular flexibility index (Phi) is 3.49. The lowest BCUT2D eigenvalue weighted by molar-refractivity contribution is -0.386. The first-order valence-corrected chi connectivity index (χ1v) is 4.90. The van der Waals surface area contributed by atoms with Gasteiger partial charge < -0.3 is 9.84 Å². The lowest BCUT2D eigenvalue weighted by Crippen LogP contribution is -2.28. The predicted molar refractivity (Wildman–Crippen MR) is 59.6 cm³/mol. The zero-order chi connectivity index (χ0) is 12.3. The number of para-hydroxylation sites is 1. The third kappa shape index (κ3) is 3.20. The number of ether oxygens (including phenoxy) is 1. The van der Waals surface area contributed by atoms with Gasteiger partial charge in [-0.3, -0.25) is 10.1 Å². The monoisotopic (exact) mass is 225 g/mol. The highest BCUT2D eigenvalue weighted by atomic mass is 16.6. The van der Waals surface area contributed by atoms with Gasteiger partial charge >= 0.3 is 5.69 Å². The van der Waals surface area contributed by atoms with Crippen molar-refractivity contribution in [2.75, 3.05) is 6.61 Å². The number of hydrogen-bond acceptors (Lipinski definition) is 4. The van der Waals surface area contributed by atoms with Crippen LogP contribution in [-0.2, 0) is 0 Å². The van der Waals surface area contributed by atoms with Crippen molar-refractivity contribution in [1.29, 1.82) is 0 Å². The van der Waals surface area contributed by atoms with E-state index in [4.69, 9.17) is 4.74 Å². The predicted octanol–water partition coefficient (Wildman–Crippen LogP) is 2.05. The van der Waals surface area contributed by atoms with Crippen LogP contribution < -0.4 is 4.74 Å². The minimum atomic E-state index is -1.02. The van der Waals surface area contributed by atoms with Gasteiger partial charge in [-0.15, -0.1) is 0 Å². The van der Waals surface area contributed by atoms with E-state index in [-0.39, 0.29) is 18.0 Å². The molecule has 0 aliphatic rings. The zero-order valence-electron chi connectivity index (χ0n) is 9.56. The summed E-state index contributed by atoms with van der Waals surface area (Å²) in [7, 11) is 0. The maximum absolute atomic E-state index is 10.8. The minimum absolute atomic E-state index is 0.0112. The van der Waals surface area contributed by atoms with Crippen molar-refractivity contribution in [3.63, 3.8) is 0 Å². The summed E-state index contributed by atoms with van der Waals surface area (Å²) in [6.07, 6.45) is 0. The summed E-state index contributed by atoms with van der Waals surface area (Å²) < 4.78 is 5.25. The summed E-state index contributed by atoms with van der Waals surface area (Å²) in [5, 5.41) is 20.3. The molecule has 1 aromatic rings. The average molecular weight is 225 g/mol. The Labute approximate surface area is 93.8 Å². The van der Waals surface area contributed by atoms with Crippen LogP contribution in [0.1, 0.15) is 19.4 Å². The zero-order valence-corrected chi connectivity index (χ0v) is 9.56. The maximum Gasteiger partial charge on any atom is 0.313 e. The molecule has 1 N–H and O–H groups in total. The molecule has 0 aliphatic carbocycles. The molecule has 1 aromatic carbocycles. The number of rotatable bonds is 4. The Morgan fingerprint density at radius 1 is 1.50 bits per heavy atom. The molecule has 0 fully saturated rings. The van der Waals surface area contributed by atoms with E-state index in [0.717, 1.165) is 0 Å². The second-order valence-corrected chi connectivity index (χ2v) is 4.28. The first-order valence-electron chi connectivity index (χ1n) is 4.90. The van der Waals surface area contributed by atoms with Crippen LogP contribution in [0.15, 0.2) is 18.2 Å². The van der Waals surface area contributed by atoms with Gasteiger partial charge in [0.05, 0.1) is 10.5 Å². The van der Waals surface area contributed by atoms with Crippen LogP contribution in [0.4, 0.5) is 5.69 Å². The molecule has 0 radical (unpaired) electrons. The lowest BCUT2D eigenvalue weighted by atomic mass is 10.1. The van der Waals surface area contributed by atoms with Crippen molar-refractivity contribution in [1.82, 2.24) is 0 Å². The first-order chi connectivity index (χ1) is 7.31. The number of aryl methyl sites for hydroxylation is 1. The number of hydrogen-bond donors (Lipinski definition) is 1. The van der Waals surface area contributed by atoms with E-state index >= 15 is 0 Å². The molecule has 0 aliphatic heterocycles. The molecule has 16 heavy (non-hydrogen) atoms. The molecular formula is C11H15NO4. The lowest BCUT2D eigenvalue weighted by Gasteiger charge is -2.17. The van der Waals surface area contributed by atoms with E-state index in [1.807, 2.05) is 0 Å². The van der Waals surface area contributed by atoms with Gasteiger partial charge in [0.2, 0.25) is 0 Å². The Morgan fingerprint density at radius 3 is 2.62 bits per heavy atom. The summed E-state index contributed by atoms with van der Waals surface area (Å²) in [4.78, 5) is 10.4. The molecular weight excluding hydrogens is 210 g/mol. The van der Waals surface area contributed by atoms with Crippen molar-refractivity contribution >= 4 is 5.69 Å². The van der Waals surface area contributed by atoms with E-state index in [9.17, 15) is 15.2 Å². The Morgan fingerprint density at radius 2 is 2.12 bits per heavy atom. The van der Waals surface area contributed by atoms with Gasteiger partial charge in [-0.2, -0.15) is 0 Å².